The van der Waals surface area contributed by atoms with Gasteiger partial charge in [-0.1, -0.05) is 17.8 Å². The van der Waals surface area contributed by atoms with Gasteiger partial charge >= 0.3 is 0 Å². The van der Waals surface area contributed by atoms with E-state index in [2.05, 4.69) is 4.98 Å². The number of pyridine rings is 1. The predicted octanol–water partition coefficient (Wildman–Crippen LogP) is 2.69. The number of hydrogen-bond donors (Lipinski definition) is 1. The molecule has 2 aromatic rings. The van der Waals surface area contributed by atoms with Gasteiger partial charge in [-0.15, -0.1) is 0 Å². The Labute approximate surface area is 97.9 Å². The van der Waals surface area contributed by atoms with Crippen LogP contribution in [-0.2, 0) is 0 Å². The molecule has 0 aliphatic carbocycles. The first kappa shape index (κ1) is 10.5. The van der Waals surface area contributed by atoms with Gasteiger partial charge in [-0.2, -0.15) is 5.26 Å². The van der Waals surface area contributed by atoms with E-state index in [-0.39, 0.29) is 0 Å². The maximum Gasteiger partial charge on any atom is 0.101 e. The van der Waals surface area contributed by atoms with Crippen molar-refractivity contribution in [3.8, 4) is 6.07 Å². The Kier molecular flexibility index (Phi) is 3.08. The Morgan fingerprint density at radius 3 is 2.75 bits per heavy atom. The Morgan fingerprint density at radius 1 is 1.25 bits per heavy atom. The highest BCUT2D eigenvalue weighted by molar-refractivity contribution is 7.99. The molecule has 0 saturated heterocycles. The molecule has 0 bridgehead atoms. The van der Waals surface area contributed by atoms with E-state index in [1.54, 1.807) is 18.3 Å². The van der Waals surface area contributed by atoms with Crippen molar-refractivity contribution < 1.29 is 0 Å². The van der Waals surface area contributed by atoms with Crippen molar-refractivity contribution in [1.29, 1.82) is 5.26 Å². The number of nitrogen functional groups attached to an aromatic ring is 1. The maximum atomic E-state index is 8.75. The third-order valence-electron chi connectivity index (χ3n) is 2.00. The van der Waals surface area contributed by atoms with E-state index in [1.807, 2.05) is 30.3 Å². The van der Waals surface area contributed by atoms with Gasteiger partial charge < -0.3 is 5.73 Å². The summed E-state index contributed by atoms with van der Waals surface area (Å²) in [4.78, 5) is 5.19. The molecule has 0 aliphatic rings. The average molecular weight is 227 g/mol. The molecule has 0 amide bonds. The maximum absolute atomic E-state index is 8.75. The number of nitriles is 1. The number of benzene rings is 1. The van der Waals surface area contributed by atoms with E-state index in [0.29, 0.717) is 11.3 Å². The van der Waals surface area contributed by atoms with Crippen LogP contribution >= 0.6 is 11.8 Å². The van der Waals surface area contributed by atoms with E-state index < -0.39 is 0 Å². The Bertz CT molecular complexity index is 532. The number of anilines is 1. The summed E-state index contributed by atoms with van der Waals surface area (Å²) < 4.78 is 0. The Hall–Kier alpha value is -1.99. The van der Waals surface area contributed by atoms with Gasteiger partial charge in [-0.3, -0.25) is 0 Å². The predicted molar refractivity (Wildman–Crippen MR) is 63.9 cm³/mol. The molecular formula is C12H9N3S. The fourth-order valence-corrected chi connectivity index (χ4v) is 2.06. The van der Waals surface area contributed by atoms with Gasteiger partial charge in [0, 0.05) is 11.1 Å². The first-order valence-electron chi connectivity index (χ1n) is 4.68. The fourth-order valence-electron chi connectivity index (χ4n) is 1.23. The van der Waals surface area contributed by atoms with E-state index in [0.717, 1.165) is 9.92 Å². The van der Waals surface area contributed by atoms with Gasteiger partial charge in [0.1, 0.15) is 11.1 Å². The first-order chi connectivity index (χ1) is 7.79. The Balaban J connectivity index is 2.24. The third-order valence-corrected chi connectivity index (χ3v) is 2.94. The number of rotatable bonds is 2. The molecule has 0 spiro atoms. The lowest BCUT2D eigenvalue weighted by atomic mass is 10.2. The average Bonchev–Trinajstić information content (AvgIpc) is 2.31. The van der Waals surface area contributed by atoms with Crippen molar-refractivity contribution >= 4 is 17.4 Å². The van der Waals surface area contributed by atoms with Gasteiger partial charge in [0.05, 0.1) is 11.3 Å². The summed E-state index contributed by atoms with van der Waals surface area (Å²) in [6, 6.07) is 13.2. The van der Waals surface area contributed by atoms with E-state index >= 15 is 0 Å². The van der Waals surface area contributed by atoms with Crippen LogP contribution in [0.5, 0.6) is 0 Å². The van der Waals surface area contributed by atoms with Gasteiger partial charge in [-0.25, -0.2) is 4.98 Å². The van der Waals surface area contributed by atoms with Crippen molar-refractivity contribution in [2.75, 3.05) is 5.73 Å². The molecule has 0 radical (unpaired) electrons. The zero-order valence-corrected chi connectivity index (χ0v) is 9.24. The second-order valence-corrected chi connectivity index (χ2v) is 4.22. The number of hydrogen-bond acceptors (Lipinski definition) is 4. The summed E-state index contributed by atoms with van der Waals surface area (Å²) in [6.07, 6.45) is 1.75. The molecule has 0 saturated carbocycles. The van der Waals surface area contributed by atoms with Crippen LogP contribution in [0.2, 0.25) is 0 Å². The molecule has 0 atom stereocenters. The van der Waals surface area contributed by atoms with Crippen molar-refractivity contribution in [3.63, 3.8) is 0 Å². The van der Waals surface area contributed by atoms with Crippen LogP contribution in [-0.4, -0.2) is 4.98 Å². The second kappa shape index (κ2) is 4.69. The van der Waals surface area contributed by atoms with Crippen molar-refractivity contribution in [2.45, 2.75) is 9.92 Å². The molecule has 1 heterocycles. The van der Waals surface area contributed by atoms with Crippen LogP contribution in [0.3, 0.4) is 0 Å². The van der Waals surface area contributed by atoms with E-state index in [9.17, 15) is 0 Å². The monoisotopic (exact) mass is 227 g/mol. The summed E-state index contributed by atoms with van der Waals surface area (Å²) in [7, 11) is 0. The molecule has 1 aromatic heterocycles. The van der Waals surface area contributed by atoms with Gasteiger partial charge in [0.2, 0.25) is 0 Å². The van der Waals surface area contributed by atoms with Gasteiger partial charge in [-0.05, 0) is 30.3 Å². The summed E-state index contributed by atoms with van der Waals surface area (Å²) in [5.74, 6) is 0. The molecule has 0 aliphatic heterocycles. The lowest BCUT2D eigenvalue weighted by molar-refractivity contribution is 1.13. The highest BCUT2D eigenvalue weighted by atomic mass is 32.2. The highest BCUT2D eigenvalue weighted by Crippen LogP contribution is 2.28. The highest BCUT2D eigenvalue weighted by Gasteiger charge is 2.02. The molecule has 0 unspecified atom stereocenters. The van der Waals surface area contributed by atoms with Crippen LogP contribution < -0.4 is 5.73 Å². The SMILES string of the molecule is N#Cc1ccc(Sc2ccccn2)cc1N. The zero-order valence-electron chi connectivity index (χ0n) is 8.42. The Morgan fingerprint density at radius 2 is 2.12 bits per heavy atom. The number of nitrogens with two attached hydrogens (primary N) is 1. The van der Waals surface area contributed by atoms with Crippen LogP contribution in [0.25, 0.3) is 0 Å². The standard InChI is InChI=1S/C12H9N3S/c13-8-9-4-5-10(7-11(9)14)16-12-3-1-2-6-15-12/h1-7H,14H2. The molecule has 3 nitrogen and oxygen atoms in total. The molecule has 2 N–H and O–H groups in total. The van der Waals surface area contributed by atoms with E-state index in [4.69, 9.17) is 11.0 Å². The normalized spacial score (nSPS) is 9.69. The summed E-state index contributed by atoms with van der Waals surface area (Å²) in [5.41, 5.74) is 6.74. The summed E-state index contributed by atoms with van der Waals surface area (Å²) >= 11 is 1.52. The van der Waals surface area contributed by atoms with Gasteiger partial charge in [0.25, 0.3) is 0 Å². The van der Waals surface area contributed by atoms with Crippen molar-refractivity contribution in [3.05, 3.63) is 48.2 Å². The van der Waals surface area contributed by atoms with Crippen LogP contribution in [0.15, 0.2) is 52.5 Å². The lowest BCUT2D eigenvalue weighted by Crippen LogP contribution is -1.90. The molecule has 78 valence electrons. The molecule has 16 heavy (non-hydrogen) atoms. The van der Waals surface area contributed by atoms with Gasteiger partial charge in [0.15, 0.2) is 0 Å². The minimum absolute atomic E-state index is 0.503. The molecule has 0 fully saturated rings. The zero-order chi connectivity index (χ0) is 11.4. The van der Waals surface area contributed by atoms with Crippen LogP contribution in [0.1, 0.15) is 5.56 Å². The molecule has 1 aromatic carbocycles. The molecular weight excluding hydrogens is 218 g/mol. The minimum Gasteiger partial charge on any atom is -0.398 e. The number of aromatic nitrogens is 1. The quantitative estimate of drug-likeness (QED) is 0.801. The van der Waals surface area contributed by atoms with Crippen molar-refractivity contribution in [2.24, 2.45) is 0 Å². The fraction of sp³-hybridized carbons (Fsp3) is 0. The van der Waals surface area contributed by atoms with E-state index in [1.165, 1.54) is 11.8 Å². The van der Waals surface area contributed by atoms with Crippen molar-refractivity contribution in [1.82, 2.24) is 4.98 Å². The summed E-state index contributed by atoms with van der Waals surface area (Å²) in [5, 5.41) is 9.66. The first-order valence-corrected chi connectivity index (χ1v) is 5.50. The minimum atomic E-state index is 0.503. The largest absolute Gasteiger partial charge is 0.398 e. The second-order valence-electron chi connectivity index (χ2n) is 3.13. The smallest absolute Gasteiger partial charge is 0.101 e. The van der Waals surface area contributed by atoms with Crippen LogP contribution in [0.4, 0.5) is 5.69 Å². The van der Waals surface area contributed by atoms with Crippen LogP contribution in [0, 0.1) is 11.3 Å². The third kappa shape index (κ3) is 2.33. The molecule has 4 heteroatoms. The summed E-state index contributed by atoms with van der Waals surface area (Å²) in [6.45, 7) is 0. The number of nitrogens with zero attached hydrogens (tertiary/aromatic N) is 2. The molecule has 2 rings (SSSR count). The lowest BCUT2D eigenvalue weighted by Gasteiger charge is -2.02. The topological polar surface area (TPSA) is 62.7 Å².